The number of hydrogen-bond donors (Lipinski definition) is 1. The summed E-state index contributed by atoms with van der Waals surface area (Å²) in [6.07, 6.45) is 1.75. The van der Waals surface area contributed by atoms with Crippen molar-refractivity contribution >= 4 is 18.1 Å². The molecule has 2 nitrogen and oxygen atoms in total. The van der Waals surface area contributed by atoms with E-state index in [1.165, 1.54) is 0 Å². The molecule has 2 heteroatoms. The number of nitrogens with one attached hydrogen (secondary N) is 1. The maximum atomic E-state index is 4.41. The molecular weight excluding hydrogens is 208 g/mol. The second-order valence-corrected chi connectivity index (χ2v) is 3.72. The van der Waals surface area contributed by atoms with Crippen LogP contribution in [0, 0.1) is 0 Å². The lowest BCUT2D eigenvalue weighted by atomic mass is 10.2. The van der Waals surface area contributed by atoms with Gasteiger partial charge in [0.05, 0.1) is 0 Å². The van der Waals surface area contributed by atoms with E-state index >= 15 is 0 Å². The van der Waals surface area contributed by atoms with Gasteiger partial charge in [0, 0.05) is 18.0 Å². The molecule has 1 aromatic rings. The molecule has 0 aromatic heterocycles. The van der Waals surface area contributed by atoms with E-state index in [4.69, 9.17) is 0 Å². The van der Waals surface area contributed by atoms with Crippen LogP contribution in [0.25, 0.3) is 12.4 Å². The quantitative estimate of drug-likeness (QED) is 0.610. The van der Waals surface area contributed by atoms with Gasteiger partial charge in [-0.1, -0.05) is 36.9 Å². The molecule has 92 valence electrons. The third-order valence-electron chi connectivity index (χ3n) is 1.84. The Kier molecular flexibility index (Phi) is 7.44. The molecule has 0 bridgehead atoms. The summed E-state index contributed by atoms with van der Waals surface area (Å²) >= 11 is 0. The van der Waals surface area contributed by atoms with Crippen molar-refractivity contribution in [1.29, 1.82) is 0 Å². The molecule has 0 unspecified atom stereocenters. The lowest BCUT2D eigenvalue weighted by Gasteiger charge is -2.01. The third-order valence-corrected chi connectivity index (χ3v) is 1.84. The average molecular weight is 230 g/mol. The summed E-state index contributed by atoms with van der Waals surface area (Å²) in [4.78, 5) is 4.41. The van der Waals surface area contributed by atoms with Crippen molar-refractivity contribution in [3.05, 3.63) is 47.4 Å². The zero-order chi connectivity index (χ0) is 13.3. The van der Waals surface area contributed by atoms with Gasteiger partial charge in [-0.25, -0.2) is 4.99 Å². The zero-order valence-corrected chi connectivity index (χ0v) is 11.2. The zero-order valence-electron chi connectivity index (χ0n) is 11.2. The molecule has 0 atom stereocenters. The Morgan fingerprint density at radius 3 is 2.24 bits per heavy atom. The van der Waals surface area contributed by atoms with Crippen molar-refractivity contribution in [2.75, 3.05) is 7.05 Å². The molecule has 0 radical (unpaired) electrons. The predicted octanol–water partition coefficient (Wildman–Crippen LogP) is 2.06. The van der Waals surface area contributed by atoms with E-state index in [2.05, 4.69) is 23.5 Å². The van der Waals surface area contributed by atoms with E-state index in [-0.39, 0.29) is 0 Å². The second-order valence-electron chi connectivity index (χ2n) is 3.72. The molecule has 1 aromatic carbocycles. The first-order valence-corrected chi connectivity index (χ1v) is 5.61. The van der Waals surface area contributed by atoms with Crippen LogP contribution in [0.15, 0.2) is 41.9 Å². The summed E-state index contributed by atoms with van der Waals surface area (Å²) in [7, 11) is 1.87. The Labute approximate surface area is 104 Å². The van der Waals surface area contributed by atoms with Crippen molar-refractivity contribution in [1.82, 2.24) is 5.32 Å². The maximum Gasteiger partial charge on any atom is 0.133 e. The average Bonchev–Trinajstić information content (AvgIpc) is 2.28. The van der Waals surface area contributed by atoms with E-state index in [0.717, 1.165) is 22.0 Å². The van der Waals surface area contributed by atoms with Crippen molar-refractivity contribution in [3.63, 3.8) is 0 Å². The Morgan fingerprint density at radius 1 is 1.29 bits per heavy atom. The second kappa shape index (κ2) is 8.34. The van der Waals surface area contributed by atoms with Gasteiger partial charge >= 0.3 is 0 Å². The first kappa shape index (κ1) is 15.2. The Morgan fingerprint density at radius 2 is 1.82 bits per heavy atom. The minimum Gasteiger partial charge on any atom is -0.373 e. The first-order chi connectivity index (χ1) is 8.06. The highest BCUT2D eigenvalue weighted by molar-refractivity contribution is 5.82. The van der Waals surface area contributed by atoms with Crippen LogP contribution < -0.4 is 15.8 Å². The highest BCUT2D eigenvalue weighted by Gasteiger charge is 1.92. The van der Waals surface area contributed by atoms with Crippen molar-refractivity contribution in [3.8, 4) is 0 Å². The molecular formula is C15H22N2. The predicted molar refractivity (Wildman–Crippen MR) is 78.3 cm³/mol. The van der Waals surface area contributed by atoms with Crippen LogP contribution in [0.2, 0.25) is 0 Å². The number of benzene rings is 1. The first-order valence-electron chi connectivity index (χ1n) is 5.61. The normalized spacial score (nSPS) is 10.6. The SMILES string of the molecule is C=CC.C=c1cccc/c1=C(/N=C(C)C)NC. The van der Waals surface area contributed by atoms with Gasteiger partial charge in [0.2, 0.25) is 0 Å². The van der Waals surface area contributed by atoms with E-state index in [1.807, 2.05) is 52.1 Å². The van der Waals surface area contributed by atoms with Gasteiger partial charge in [0.15, 0.2) is 0 Å². The summed E-state index contributed by atoms with van der Waals surface area (Å²) in [6, 6.07) is 7.96. The van der Waals surface area contributed by atoms with Gasteiger partial charge in [0.25, 0.3) is 0 Å². The Hall–Kier alpha value is -1.83. The number of rotatable bonds is 2. The third kappa shape index (κ3) is 5.71. The fourth-order valence-electron chi connectivity index (χ4n) is 1.23. The van der Waals surface area contributed by atoms with Crippen LogP contribution in [0.4, 0.5) is 0 Å². The van der Waals surface area contributed by atoms with Crippen LogP contribution in [-0.4, -0.2) is 12.8 Å². The fraction of sp³-hybridized carbons (Fsp3) is 0.267. The van der Waals surface area contributed by atoms with Crippen LogP contribution in [0.5, 0.6) is 0 Å². The minimum atomic E-state index is 0.871. The largest absolute Gasteiger partial charge is 0.373 e. The summed E-state index contributed by atoms with van der Waals surface area (Å²) in [5.41, 5.74) is 1.03. The van der Waals surface area contributed by atoms with E-state index < -0.39 is 0 Å². The molecule has 0 saturated carbocycles. The van der Waals surface area contributed by atoms with E-state index in [0.29, 0.717) is 0 Å². The Balaban J connectivity index is 0.000000770. The summed E-state index contributed by atoms with van der Waals surface area (Å²) in [5, 5.41) is 5.12. The van der Waals surface area contributed by atoms with Gasteiger partial charge in [-0.05, 0) is 26.0 Å². The molecule has 17 heavy (non-hydrogen) atoms. The number of nitrogens with zero attached hydrogens (tertiary/aromatic N) is 1. The fourth-order valence-corrected chi connectivity index (χ4v) is 1.23. The standard InChI is InChI=1S/C12H16N2.C3H6/c1-9(2)14-12(13-4)11-8-6-5-7-10(11)3;1-3-2/h5-8,13H,3H2,1-2,4H3;3H,1H2,2H3/b12-11-;. The van der Waals surface area contributed by atoms with E-state index in [1.54, 1.807) is 6.08 Å². The van der Waals surface area contributed by atoms with Crippen molar-refractivity contribution < 1.29 is 0 Å². The summed E-state index contributed by atoms with van der Waals surface area (Å²) < 4.78 is 0. The van der Waals surface area contributed by atoms with Gasteiger partial charge < -0.3 is 5.32 Å². The van der Waals surface area contributed by atoms with Crippen LogP contribution in [0.1, 0.15) is 20.8 Å². The van der Waals surface area contributed by atoms with Crippen LogP contribution >= 0.6 is 0 Å². The van der Waals surface area contributed by atoms with Crippen molar-refractivity contribution in [2.45, 2.75) is 20.8 Å². The van der Waals surface area contributed by atoms with Gasteiger partial charge in [0.1, 0.15) is 5.82 Å². The number of hydrogen-bond acceptors (Lipinski definition) is 2. The van der Waals surface area contributed by atoms with Crippen LogP contribution in [-0.2, 0) is 0 Å². The van der Waals surface area contributed by atoms with Gasteiger partial charge in [-0.3, -0.25) is 0 Å². The molecule has 0 amide bonds. The number of allylic oxidation sites excluding steroid dienone is 1. The van der Waals surface area contributed by atoms with Gasteiger partial charge in [-0.2, -0.15) is 0 Å². The minimum absolute atomic E-state index is 0.871. The topological polar surface area (TPSA) is 24.4 Å². The summed E-state index contributed by atoms with van der Waals surface area (Å²) in [5.74, 6) is 0.871. The summed E-state index contributed by atoms with van der Waals surface area (Å²) in [6.45, 7) is 13.2. The highest BCUT2D eigenvalue weighted by Crippen LogP contribution is 1.88. The lowest BCUT2D eigenvalue weighted by molar-refractivity contribution is 1.07. The van der Waals surface area contributed by atoms with Crippen LogP contribution in [0.3, 0.4) is 0 Å². The molecule has 1 rings (SSSR count). The maximum absolute atomic E-state index is 4.41. The molecule has 0 saturated heterocycles. The molecule has 0 spiro atoms. The molecule has 0 fully saturated rings. The molecule has 0 aliphatic rings. The monoisotopic (exact) mass is 230 g/mol. The number of aliphatic imine (C=N–C) groups is 1. The molecule has 1 N–H and O–H groups in total. The molecule has 0 aliphatic carbocycles. The molecule has 0 heterocycles. The molecule has 0 aliphatic heterocycles. The van der Waals surface area contributed by atoms with Crippen molar-refractivity contribution in [2.24, 2.45) is 4.99 Å². The highest BCUT2D eigenvalue weighted by atomic mass is 15.0. The lowest BCUT2D eigenvalue weighted by Crippen LogP contribution is -2.29. The van der Waals surface area contributed by atoms with E-state index in [9.17, 15) is 0 Å². The van der Waals surface area contributed by atoms with Gasteiger partial charge in [-0.15, -0.1) is 6.58 Å². The smallest absolute Gasteiger partial charge is 0.133 e. The Bertz CT molecular complexity index is 480.